The maximum Gasteiger partial charge on any atom is 0.157 e. The van der Waals surface area contributed by atoms with Crippen LogP contribution in [-0.2, 0) is 9.47 Å². The predicted octanol–water partition coefficient (Wildman–Crippen LogP) is 0.519. The number of hydrogen-bond acceptors (Lipinski definition) is 3. The van der Waals surface area contributed by atoms with Crippen LogP contribution in [0.1, 0.15) is 19.8 Å². The van der Waals surface area contributed by atoms with Crippen LogP contribution in [0.3, 0.4) is 0 Å². The number of aliphatic hydroxyl groups excluding tert-OH is 1. The molecule has 1 N–H and O–H groups in total. The third kappa shape index (κ3) is 1.94. The summed E-state index contributed by atoms with van der Waals surface area (Å²) < 4.78 is 10.2. The summed E-state index contributed by atoms with van der Waals surface area (Å²) in [6.45, 7) is 1.94. The van der Waals surface area contributed by atoms with Gasteiger partial charge in [-0.25, -0.2) is 0 Å². The van der Waals surface area contributed by atoms with E-state index in [0.717, 1.165) is 6.42 Å². The van der Waals surface area contributed by atoms with E-state index in [4.69, 9.17) is 14.6 Å². The van der Waals surface area contributed by atoms with Gasteiger partial charge in [-0.3, -0.25) is 0 Å². The van der Waals surface area contributed by atoms with Gasteiger partial charge in [-0.2, -0.15) is 0 Å². The second-order valence-electron chi connectivity index (χ2n) is 2.73. The Bertz CT molecular complexity index is 95.0. The highest BCUT2D eigenvalue weighted by atomic mass is 16.6. The topological polar surface area (TPSA) is 38.7 Å². The van der Waals surface area contributed by atoms with Gasteiger partial charge in [0.1, 0.15) is 0 Å². The molecule has 0 bridgehead atoms. The van der Waals surface area contributed by atoms with Crippen molar-refractivity contribution in [3.8, 4) is 0 Å². The average molecular weight is 146 g/mol. The van der Waals surface area contributed by atoms with Crippen molar-refractivity contribution in [3.05, 3.63) is 0 Å². The smallest absolute Gasteiger partial charge is 0.157 e. The molecule has 1 aliphatic heterocycles. The van der Waals surface area contributed by atoms with Crippen LogP contribution >= 0.6 is 0 Å². The first kappa shape index (κ1) is 7.98. The fraction of sp³-hybridized carbons (Fsp3) is 1.00. The molecule has 0 radical (unpaired) electrons. The molecule has 1 fully saturated rings. The lowest BCUT2D eigenvalue weighted by Gasteiger charge is -2.29. The average Bonchev–Trinajstić information content (AvgIpc) is 1.85. The Morgan fingerprint density at radius 2 is 2.20 bits per heavy atom. The predicted molar refractivity (Wildman–Crippen MR) is 36.6 cm³/mol. The van der Waals surface area contributed by atoms with Crippen molar-refractivity contribution in [2.24, 2.45) is 0 Å². The van der Waals surface area contributed by atoms with Gasteiger partial charge in [-0.05, 0) is 13.3 Å². The summed E-state index contributed by atoms with van der Waals surface area (Å²) in [4.78, 5) is 0. The van der Waals surface area contributed by atoms with Crippen LogP contribution in [0.4, 0.5) is 0 Å². The highest BCUT2D eigenvalue weighted by molar-refractivity contribution is 4.69. The van der Waals surface area contributed by atoms with E-state index >= 15 is 0 Å². The molecule has 0 aromatic rings. The van der Waals surface area contributed by atoms with E-state index in [0.29, 0.717) is 6.42 Å². The zero-order chi connectivity index (χ0) is 7.56. The molecule has 1 aliphatic rings. The summed E-state index contributed by atoms with van der Waals surface area (Å²) >= 11 is 0. The van der Waals surface area contributed by atoms with Crippen LogP contribution in [-0.4, -0.2) is 30.7 Å². The number of rotatable bonds is 1. The minimum atomic E-state index is -0.631. The molecule has 1 rings (SSSR count). The summed E-state index contributed by atoms with van der Waals surface area (Å²) in [6, 6.07) is 0. The summed E-state index contributed by atoms with van der Waals surface area (Å²) in [5.41, 5.74) is 0. The summed E-state index contributed by atoms with van der Waals surface area (Å²) in [7, 11) is 1.66. The van der Waals surface area contributed by atoms with E-state index in [9.17, 15) is 0 Å². The third-order valence-electron chi connectivity index (χ3n) is 1.78. The van der Waals surface area contributed by atoms with Crippen molar-refractivity contribution in [1.29, 1.82) is 0 Å². The molecule has 10 heavy (non-hydrogen) atoms. The summed E-state index contributed by atoms with van der Waals surface area (Å²) in [5.74, 6) is 0. The molecule has 0 unspecified atom stereocenters. The van der Waals surface area contributed by atoms with Gasteiger partial charge in [0.05, 0.1) is 12.2 Å². The zero-order valence-corrected chi connectivity index (χ0v) is 6.41. The lowest BCUT2D eigenvalue weighted by atomic mass is 10.1. The van der Waals surface area contributed by atoms with Crippen molar-refractivity contribution in [3.63, 3.8) is 0 Å². The monoisotopic (exact) mass is 146 g/mol. The largest absolute Gasteiger partial charge is 0.381 e. The van der Waals surface area contributed by atoms with E-state index in [1.807, 2.05) is 6.92 Å². The molecule has 0 saturated carbocycles. The van der Waals surface area contributed by atoms with Crippen molar-refractivity contribution < 1.29 is 14.6 Å². The number of hydrogen-bond donors (Lipinski definition) is 1. The second kappa shape index (κ2) is 3.32. The second-order valence-corrected chi connectivity index (χ2v) is 2.73. The number of ether oxygens (including phenoxy) is 2. The van der Waals surface area contributed by atoms with Crippen molar-refractivity contribution in [1.82, 2.24) is 0 Å². The van der Waals surface area contributed by atoms with Crippen LogP contribution in [0.15, 0.2) is 0 Å². The molecule has 60 valence electrons. The van der Waals surface area contributed by atoms with E-state index in [1.165, 1.54) is 0 Å². The Morgan fingerprint density at radius 1 is 1.50 bits per heavy atom. The van der Waals surface area contributed by atoms with Gasteiger partial charge in [0, 0.05) is 13.5 Å². The summed E-state index contributed by atoms with van der Waals surface area (Å²) in [6.07, 6.45) is 1.13. The third-order valence-corrected chi connectivity index (χ3v) is 1.78. The maximum atomic E-state index is 9.08. The molecule has 1 heterocycles. The molecule has 3 nitrogen and oxygen atoms in total. The Morgan fingerprint density at radius 3 is 2.70 bits per heavy atom. The molecule has 0 spiro atoms. The van der Waals surface area contributed by atoms with Gasteiger partial charge in [-0.1, -0.05) is 0 Å². The standard InChI is InChI=1S/C7H14O3/c1-5-3-6(9-2)4-7(8)10-5/h5-8H,3-4H2,1-2H3/t5-,6-,7-/m1/s1. The van der Waals surface area contributed by atoms with Crippen LogP contribution in [0, 0.1) is 0 Å². The first-order chi connectivity index (χ1) is 4.72. The lowest BCUT2D eigenvalue weighted by molar-refractivity contribution is -0.188. The van der Waals surface area contributed by atoms with Crippen molar-refractivity contribution >= 4 is 0 Å². The number of methoxy groups -OCH3 is 1. The molecule has 1 saturated heterocycles. The van der Waals surface area contributed by atoms with Crippen molar-refractivity contribution in [2.45, 2.75) is 38.3 Å². The highest BCUT2D eigenvalue weighted by Crippen LogP contribution is 2.19. The fourth-order valence-electron chi connectivity index (χ4n) is 1.26. The Hall–Kier alpha value is -0.120. The Balaban J connectivity index is 2.35. The zero-order valence-electron chi connectivity index (χ0n) is 6.41. The summed E-state index contributed by atoms with van der Waals surface area (Å²) in [5, 5.41) is 9.08. The van der Waals surface area contributed by atoms with Gasteiger partial charge < -0.3 is 14.6 Å². The minimum absolute atomic E-state index is 0.119. The van der Waals surface area contributed by atoms with Gasteiger partial charge in [-0.15, -0.1) is 0 Å². The van der Waals surface area contributed by atoms with Crippen LogP contribution in [0.2, 0.25) is 0 Å². The van der Waals surface area contributed by atoms with E-state index in [2.05, 4.69) is 0 Å². The molecule has 0 aliphatic carbocycles. The van der Waals surface area contributed by atoms with Gasteiger partial charge in [0.25, 0.3) is 0 Å². The Kier molecular flexibility index (Phi) is 2.65. The molecular formula is C7H14O3. The lowest BCUT2D eigenvalue weighted by Crippen LogP contribution is -2.34. The maximum absolute atomic E-state index is 9.08. The molecule has 3 atom stereocenters. The van der Waals surface area contributed by atoms with Gasteiger partial charge >= 0.3 is 0 Å². The molecule has 0 aromatic carbocycles. The van der Waals surface area contributed by atoms with Crippen LogP contribution in [0.25, 0.3) is 0 Å². The van der Waals surface area contributed by atoms with E-state index in [-0.39, 0.29) is 12.2 Å². The van der Waals surface area contributed by atoms with Crippen molar-refractivity contribution in [2.75, 3.05) is 7.11 Å². The first-order valence-corrected chi connectivity index (χ1v) is 3.58. The van der Waals surface area contributed by atoms with Crippen LogP contribution in [0.5, 0.6) is 0 Å². The highest BCUT2D eigenvalue weighted by Gasteiger charge is 2.24. The van der Waals surface area contributed by atoms with E-state index < -0.39 is 6.29 Å². The minimum Gasteiger partial charge on any atom is -0.381 e. The number of aliphatic hydroxyl groups is 1. The molecular weight excluding hydrogens is 132 g/mol. The van der Waals surface area contributed by atoms with Gasteiger partial charge in [0.2, 0.25) is 0 Å². The quantitative estimate of drug-likeness (QED) is 0.586. The fourth-order valence-corrected chi connectivity index (χ4v) is 1.26. The van der Waals surface area contributed by atoms with Crippen LogP contribution < -0.4 is 0 Å². The molecule has 3 heteroatoms. The molecule has 0 amide bonds. The Labute approximate surface area is 60.9 Å². The van der Waals surface area contributed by atoms with E-state index in [1.54, 1.807) is 7.11 Å². The first-order valence-electron chi connectivity index (χ1n) is 3.58. The SMILES string of the molecule is CO[C@@H]1C[C@@H](C)O[C@@H](O)C1. The normalized spacial score (nSPS) is 41.7. The molecule has 0 aromatic heterocycles. The van der Waals surface area contributed by atoms with Gasteiger partial charge in [0.15, 0.2) is 6.29 Å².